The lowest BCUT2D eigenvalue weighted by molar-refractivity contribution is 0.156. The SMILES string of the molecule is CC(C[C@]1(C)CCCNC1)N(C)C. The van der Waals surface area contributed by atoms with Crippen molar-refractivity contribution in [2.45, 2.75) is 39.2 Å². The molecule has 2 atom stereocenters. The quantitative estimate of drug-likeness (QED) is 0.718. The fraction of sp³-hybridized carbons (Fsp3) is 1.00. The minimum atomic E-state index is 0.530. The second-order valence-electron chi connectivity index (χ2n) is 5.11. The van der Waals surface area contributed by atoms with Crippen molar-refractivity contribution < 1.29 is 0 Å². The summed E-state index contributed by atoms with van der Waals surface area (Å²) in [4.78, 5) is 2.32. The molecule has 13 heavy (non-hydrogen) atoms. The van der Waals surface area contributed by atoms with Crippen LogP contribution in [0.4, 0.5) is 0 Å². The molecule has 78 valence electrons. The molecule has 0 radical (unpaired) electrons. The molecule has 2 heteroatoms. The molecule has 1 N–H and O–H groups in total. The van der Waals surface area contributed by atoms with Gasteiger partial charge in [-0.2, -0.15) is 0 Å². The van der Waals surface area contributed by atoms with Gasteiger partial charge in [-0.05, 0) is 52.2 Å². The van der Waals surface area contributed by atoms with Crippen LogP contribution in [-0.4, -0.2) is 38.1 Å². The first-order chi connectivity index (χ1) is 6.03. The van der Waals surface area contributed by atoms with Crippen molar-refractivity contribution in [3.8, 4) is 0 Å². The highest BCUT2D eigenvalue weighted by Gasteiger charge is 2.28. The van der Waals surface area contributed by atoms with Crippen LogP contribution in [0.1, 0.15) is 33.1 Å². The number of hydrogen-bond donors (Lipinski definition) is 1. The van der Waals surface area contributed by atoms with Crippen LogP contribution in [0.2, 0.25) is 0 Å². The molecule has 0 aromatic carbocycles. The Morgan fingerprint density at radius 2 is 2.15 bits per heavy atom. The van der Waals surface area contributed by atoms with Crippen molar-refractivity contribution >= 4 is 0 Å². The normalized spacial score (nSPS) is 32.1. The maximum absolute atomic E-state index is 3.50. The Morgan fingerprint density at radius 3 is 2.62 bits per heavy atom. The fourth-order valence-corrected chi connectivity index (χ4v) is 2.19. The van der Waals surface area contributed by atoms with Crippen LogP contribution in [0.25, 0.3) is 0 Å². The zero-order valence-corrected chi connectivity index (χ0v) is 9.56. The van der Waals surface area contributed by atoms with E-state index in [0.717, 1.165) is 0 Å². The monoisotopic (exact) mass is 184 g/mol. The summed E-state index contributed by atoms with van der Waals surface area (Å²) in [6.45, 7) is 7.15. The molecule has 1 aliphatic rings. The van der Waals surface area contributed by atoms with E-state index in [-0.39, 0.29) is 0 Å². The van der Waals surface area contributed by atoms with Gasteiger partial charge in [0.2, 0.25) is 0 Å². The summed E-state index contributed by atoms with van der Waals surface area (Å²) >= 11 is 0. The second-order valence-corrected chi connectivity index (χ2v) is 5.11. The van der Waals surface area contributed by atoms with Crippen LogP contribution in [0.3, 0.4) is 0 Å². The van der Waals surface area contributed by atoms with E-state index in [2.05, 4.69) is 38.2 Å². The van der Waals surface area contributed by atoms with Crippen molar-refractivity contribution in [1.82, 2.24) is 10.2 Å². The Bertz CT molecular complexity index is 148. The summed E-state index contributed by atoms with van der Waals surface area (Å²) < 4.78 is 0. The van der Waals surface area contributed by atoms with Gasteiger partial charge < -0.3 is 10.2 Å². The summed E-state index contributed by atoms with van der Waals surface area (Å²) in [7, 11) is 4.34. The molecule has 0 saturated carbocycles. The highest BCUT2D eigenvalue weighted by molar-refractivity contribution is 4.84. The van der Waals surface area contributed by atoms with Gasteiger partial charge in [0.25, 0.3) is 0 Å². The van der Waals surface area contributed by atoms with Crippen LogP contribution in [-0.2, 0) is 0 Å². The van der Waals surface area contributed by atoms with Crippen LogP contribution >= 0.6 is 0 Å². The van der Waals surface area contributed by atoms with Gasteiger partial charge in [0.05, 0.1) is 0 Å². The maximum atomic E-state index is 3.50. The fourth-order valence-electron chi connectivity index (χ4n) is 2.19. The molecule has 1 heterocycles. The van der Waals surface area contributed by atoms with Crippen LogP contribution < -0.4 is 5.32 Å². The molecule has 0 spiro atoms. The van der Waals surface area contributed by atoms with E-state index in [0.29, 0.717) is 11.5 Å². The first kappa shape index (κ1) is 11.0. The molecular formula is C11H24N2. The van der Waals surface area contributed by atoms with E-state index in [1.165, 1.54) is 32.4 Å². The standard InChI is InChI=1S/C11H24N2/c1-10(13(3)4)8-11(2)6-5-7-12-9-11/h10,12H,5-9H2,1-4H3/t10?,11-/m0/s1. The smallest absolute Gasteiger partial charge is 0.00665 e. The molecule has 2 nitrogen and oxygen atoms in total. The van der Waals surface area contributed by atoms with Gasteiger partial charge in [0, 0.05) is 12.6 Å². The molecule has 1 rings (SSSR count). The van der Waals surface area contributed by atoms with Gasteiger partial charge in [-0.15, -0.1) is 0 Å². The maximum Gasteiger partial charge on any atom is 0.00665 e. The van der Waals surface area contributed by atoms with E-state index in [4.69, 9.17) is 0 Å². The predicted octanol–water partition coefficient (Wildman–Crippen LogP) is 1.72. The third kappa shape index (κ3) is 3.28. The summed E-state index contributed by atoms with van der Waals surface area (Å²) in [6.07, 6.45) is 4.04. The zero-order valence-electron chi connectivity index (χ0n) is 9.56. The van der Waals surface area contributed by atoms with Gasteiger partial charge in [-0.3, -0.25) is 0 Å². The number of nitrogens with zero attached hydrogens (tertiary/aromatic N) is 1. The Morgan fingerprint density at radius 1 is 1.46 bits per heavy atom. The number of piperidine rings is 1. The van der Waals surface area contributed by atoms with Crippen LogP contribution in [0, 0.1) is 5.41 Å². The Kier molecular flexibility index (Phi) is 3.74. The van der Waals surface area contributed by atoms with E-state index in [1.807, 2.05) is 0 Å². The molecule has 0 aliphatic carbocycles. The van der Waals surface area contributed by atoms with Crippen molar-refractivity contribution in [3.05, 3.63) is 0 Å². The predicted molar refractivity (Wildman–Crippen MR) is 58.0 cm³/mol. The average Bonchev–Trinajstić information content (AvgIpc) is 2.04. The summed E-state index contributed by atoms with van der Waals surface area (Å²) in [5.74, 6) is 0. The van der Waals surface area contributed by atoms with Gasteiger partial charge in [0.15, 0.2) is 0 Å². The molecule has 1 aliphatic heterocycles. The Labute approximate surface area is 82.7 Å². The van der Waals surface area contributed by atoms with Crippen molar-refractivity contribution in [2.75, 3.05) is 27.2 Å². The zero-order chi connectivity index (χ0) is 9.90. The first-order valence-corrected chi connectivity index (χ1v) is 5.41. The lowest BCUT2D eigenvalue weighted by Crippen LogP contribution is -2.42. The molecular weight excluding hydrogens is 160 g/mol. The van der Waals surface area contributed by atoms with Gasteiger partial charge >= 0.3 is 0 Å². The topological polar surface area (TPSA) is 15.3 Å². The molecule has 0 amide bonds. The van der Waals surface area contributed by atoms with Gasteiger partial charge in [0.1, 0.15) is 0 Å². The average molecular weight is 184 g/mol. The third-order valence-corrected chi connectivity index (χ3v) is 3.36. The number of hydrogen-bond acceptors (Lipinski definition) is 2. The van der Waals surface area contributed by atoms with E-state index >= 15 is 0 Å². The highest BCUT2D eigenvalue weighted by atomic mass is 15.1. The molecule has 1 unspecified atom stereocenters. The van der Waals surface area contributed by atoms with Crippen LogP contribution in [0.5, 0.6) is 0 Å². The molecule has 0 aromatic rings. The minimum absolute atomic E-state index is 0.530. The number of nitrogens with one attached hydrogen (secondary N) is 1. The van der Waals surface area contributed by atoms with E-state index in [9.17, 15) is 0 Å². The largest absolute Gasteiger partial charge is 0.316 e. The summed E-state index contributed by atoms with van der Waals surface area (Å²) in [6, 6.07) is 0.699. The van der Waals surface area contributed by atoms with Crippen molar-refractivity contribution in [1.29, 1.82) is 0 Å². The molecule has 0 aromatic heterocycles. The second kappa shape index (κ2) is 4.43. The molecule has 0 bridgehead atoms. The summed E-state index contributed by atoms with van der Waals surface area (Å²) in [5.41, 5.74) is 0.530. The van der Waals surface area contributed by atoms with Gasteiger partial charge in [-0.25, -0.2) is 0 Å². The summed E-state index contributed by atoms with van der Waals surface area (Å²) in [5, 5.41) is 3.50. The first-order valence-electron chi connectivity index (χ1n) is 5.41. The van der Waals surface area contributed by atoms with Crippen molar-refractivity contribution in [3.63, 3.8) is 0 Å². The third-order valence-electron chi connectivity index (χ3n) is 3.36. The minimum Gasteiger partial charge on any atom is -0.316 e. The highest BCUT2D eigenvalue weighted by Crippen LogP contribution is 2.31. The van der Waals surface area contributed by atoms with Crippen LogP contribution in [0.15, 0.2) is 0 Å². The Balaban J connectivity index is 2.40. The molecule has 1 saturated heterocycles. The van der Waals surface area contributed by atoms with Gasteiger partial charge in [-0.1, -0.05) is 6.92 Å². The molecule has 1 fully saturated rings. The lowest BCUT2D eigenvalue weighted by Gasteiger charge is -2.37. The Hall–Kier alpha value is -0.0800. The van der Waals surface area contributed by atoms with E-state index in [1.54, 1.807) is 0 Å². The van der Waals surface area contributed by atoms with E-state index < -0.39 is 0 Å². The van der Waals surface area contributed by atoms with Crippen molar-refractivity contribution in [2.24, 2.45) is 5.41 Å². The lowest BCUT2D eigenvalue weighted by atomic mass is 9.77. The number of rotatable bonds is 3.